The molecule has 5 heteroatoms. The first-order chi connectivity index (χ1) is 9.08. The molecule has 19 heavy (non-hydrogen) atoms. The number of hydrogen-bond acceptors (Lipinski definition) is 4. The first kappa shape index (κ1) is 13.0. The Morgan fingerprint density at radius 3 is 2.89 bits per heavy atom. The van der Waals surface area contributed by atoms with Gasteiger partial charge in [-0.3, -0.25) is 14.8 Å². The summed E-state index contributed by atoms with van der Waals surface area (Å²) in [5, 5.41) is 2.91. The quantitative estimate of drug-likeness (QED) is 0.878. The van der Waals surface area contributed by atoms with Gasteiger partial charge < -0.3 is 11.1 Å². The number of carbonyl (C=O) groups is 1. The molecule has 3 N–H and O–H groups in total. The van der Waals surface area contributed by atoms with Gasteiger partial charge in [0.05, 0.1) is 29.2 Å². The minimum atomic E-state index is -0.186. The monoisotopic (exact) mass is 256 g/mol. The van der Waals surface area contributed by atoms with Crippen LogP contribution in [0.2, 0.25) is 0 Å². The fourth-order valence-corrected chi connectivity index (χ4v) is 1.77. The summed E-state index contributed by atoms with van der Waals surface area (Å²) in [7, 11) is 0. The van der Waals surface area contributed by atoms with Crippen LogP contribution in [0.3, 0.4) is 0 Å². The number of amides is 1. The van der Waals surface area contributed by atoms with E-state index in [0.29, 0.717) is 16.9 Å². The minimum absolute atomic E-state index is 0.123. The molecule has 0 radical (unpaired) electrons. The fourth-order valence-electron chi connectivity index (χ4n) is 1.77. The molecule has 2 heterocycles. The lowest BCUT2D eigenvalue weighted by Gasteiger charge is -2.14. The highest BCUT2D eigenvalue weighted by Crippen LogP contribution is 2.14. The summed E-state index contributed by atoms with van der Waals surface area (Å²) < 4.78 is 0. The van der Waals surface area contributed by atoms with Crippen LogP contribution in [-0.4, -0.2) is 15.9 Å². The standard InChI is InChI=1S/C14H16N4O/c1-9(11-4-3-5-16-7-11)18-14(19)13-6-12(15)8-17-10(13)2/h3-9H,15H2,1-2H3,(H,18,19). The molecule has 1 amide bonds. The number of anilines is 1. The van der Waals surface area contributed by atoms with E-state index in [1.807, 2.05) is 19.1 Å². The summed E-state index contributed by atoms with van der Waals surface area (Å²) in [6.07, 6.45) is 4.97. The molecule has 0 fully saturated rings. The number of nitrogens with two attached hydrogens (primary N) is 1. The first-order valence-electron chi connectivity index (χ1n) is 6.01. The highest BCUT2D eigenvalue weighted by molar-refractivity contribution is 5.96. The fraction of sp³-hybridized carbons (Fsp3) is 0.214. The van der Waals surface area contributed by atoms with Crippen molar-refractivity contribution in [3.05, 3.63) is 53.6 Å². The first-order valence-corrected chi connectivity index (χ1v) is 6.01. The molecular weight excluding hydrogens is 240 g/mol. The van der Waals surface area contributed by atoms with E-state index in [-0.39, 0.29) is 11.9 Å². The molecule has 0 bridgehead atoms. The molecule has 5 nitrogen and oxygen atoms in total. The van der Waals surface area contributed by atoms with E-state index in [2.05, 4.69) is 15.3 Å². The Kier molecular flexibility index (Phi) is 3.75. The zero-order chi connectivity index (χ0) is 13.8. The molecule has 0 aromatic carbocycles. The molecule has 0 saturated carbocycles. The van der Waals surface area contributed by atoms with E-state index in [0.717, 1.165) is 5.56 Å². The van der Waals surface area contributed by atoms with Crippen molar-refractivity contribution in [2.75, 3.05) is 5.73 Å². The van der Waals surface area contributed by atoms with Crippen LogP contribution in [-0.2, 0) is 0 Å². The number of carbonyl (C=O) groups excluding carboxylic acids is 1. The third-order valence-electron chi connectivity index (χ3n) is 2.88. The van der Waals surface area contributed by atoms with Crippen molar-refractivity contribution in [2.45, 2.75) is 19.9 Å². The Hall–Kier alpha value is -2.43. The van der Waals surface area contributed by atoms with Gasteiger partial charge in [0.25, 0.3) is 5.91 Å². The van der Waals surface area contributed by atoms with Crippen LogP contribution in [0, 0.1) is 6.92 Å². The van der Waals surface area contributed by atoms with Crippen molar-refractivity contribution in [1.82, 2.24) is 15.3 Å². The van der Waals surface area contributed by atoms with E-state index in [1.165, 1.54) is 6.20 Å². The van der Waals surface area contributed by atoms with Gasteiger partial charge in [-0.1, -0.05) is 6.07 Å². The Balaban J connectivity index is 2.15. The van der Waals surface area contributed by atoms with Gasteiger partial charge in [0.2, 0.25) is 0 Å². The van der Waals surface area contributed by atoms with Crippen LogP contribution in [0.25, 0.3) is 0 Å². The summed E-state index contributed by atoms with van der Waals surface area (Å²) in [5.41, 5.74) is 8.23. The van der Waals surface area contributed by atoms with Gasteiger partial charge in [0, 0.05) is 12.4 Å². The third-order valence-corrected chi connectivity index (χ3v) is 2.88. The second kappa shape index (κ2) is 5.48. The van der Waals surface area contributed by atoms with Gasteiger partial charge >= 0.3 is 0 Å². The predicted molar refractivity (Wildman–Crippen MR) is 73.5 cm³/mol. The highest BCUT2D eigenvalue weighted by Gasteiger charge is 2.14. The Morgan fingerprint density at radius 2 is 2.21 bits per heavy atom. The van der Waals surface area contributed by atoms with E-state index in [1.54, 1.807) is 25.4 Å². The van der Waals surface area contributed by atoms with E-state index < -0.39 is 0 Å². The molecule has 0 spiro atoms. The SMILES string of the molecule is Cc1ncc(N)cc1C(=O)NC(C)c1cccnc1. The molecule has 1 atom stereocenters. The molecule has 98 valence electrons. The van der Waals surface area contributed by atoms with Gasteiger partial charge in [0.15, 0.2) is 0 Å². The molecule has 2 aromatic heterocycles. The van der Waals surface area contributed by atoms with Crippen LogP contribution in [0.5, 0.6) is 0 Å². The van der Waals surface area contributed by atoms with E-state index in [4.69, 9.17) is 5.73 Å². The molecule has 0 aliphatic rings. The van der Waals surface area contributed by atoms with Crippen molar-refractivity contribution >= 4 is 11.6 Å². The lowest BCUT2D eigenvalue weighted by molar-refractivity contribution is 0.0939. The number of hydrogen-bond donors (Lipinski definition) is 2. The molecular formula is C14H16N4O. The number of rotatable bonds is 3. The maximum absolute atomic E-state index is 12.2. The average molecular weight is 256 g/mol. The smallest absolute Gasteiger partial charge is 0.253 e. The number of pyridine rings is 2. The van der Waals surface area contributed by atoms with Crippen LogP contribution >= 0.6 is 0 Å². The summed E-state index contributed by atoms with van der Waals surface area (Å²) in [6.45, 7) is 3.69. The Morgan fingerprint density at radius 1 is 1.42 bits per heavy atom. The Labute approximate surface area is 111 Å². The molecule has 0 aliphatic heterocycles. The van der Waals surface area contributed by atoms with Crippen molar-refractivity contribution in [1.29, 1.82) is 0 Å². The second-order valence-electron chi connectivity index (χ2n) is 4.38. The largest absolute Gasteiger partial charge is 0.397 e. The second-order valence-corrected chi connectivity index (χ2v) is 4.38. The van der Waals surface area contributed by atoms with Crippen molar-refractivity contribution in [2.24, 2.45) is 0 Å². The van der Waals surface area contributed by atoms with Crippen molar-refractivity contribution < 1.29 is 4.79 Å². The number of nitrogen functional groups attached to an aromatic ring is 1. The van der Waals surface area contributed by atoms with Crippen molar-refractivity contribution in [3.63, 3.8) is 0 Å². The summed E-state index contributed by atoms with van der Waals surface area (Å²) in [6, 6.07) is 5.27. The predicted octanol–water partition coefficient (Wildman–Crippen LogP) is 1.86. The maximum atomic E-state index is 12.2. The van der Waals surface area contributed by atoms with Crippen LogP contribution < -0.4 is 11.1 Å². The normalized spacial score (nSPS) is 11.9. The van der Waals surface area contributed by atoms with Crippen LogP contribution in [0.4, 0.5) is 5.69 Å². The zero-order valence-electron chi connectivity index (χ0n) is 10.9. The molecule has 2 aromatic rings. The summed E-state index contributed by atoms with van der Waals surface area (Å²) in [4.78, 5) is 20.3. The lowest BCUT2D eigenvalue weighted by atomic mass is 10.1. The Bertz CT molecular complexity index is 583. The lowest BCUT2D eigenvalue weighted by Crippen LogP contribution is -2.27. The molecule has 0 aliphatic carbocycles. The zero-order valence-corrected chi connectivity index (χ0v) is 10.9. The average Bonchev–Trinajstić information content (AvgIpc) is 2.42. The molecule has 2 rings (SSSR count). The van der Waals surface area contributed by atoms with Crippen molar-refractivity contribution in [3.8, 4) is 0 Å². The van der Waals surface area contributed by atoms with E-state index in [9.17, 15) is 4.79 Å². The van der Waals surface area contributed by atoms with Gasteiger partial charge in [-0.05, 0) is 31.5 Å². The summed E-state index contributed by atoms with van der Waals surface area (Å²) in [5.74, 6) is -0.186. The maximum Gasteiger partial charge on any atom is 0.253 e. The number of nitrogens with zero attached hydrogens (tertiary/aromatic N) is 2. The third kappa shape index (κ3) is 3.07. The molecule has 1 unspecified atom stereocenters. The topological polar surface area (TPSA) is 80.9 Å². The minimum Gasteiger partial charge on any atom is -0.397 e. The summed E-state index contributed by atoms with van der Waals surface area (Å²) >= 11 is 0. The van der Waals surface area contributed by atoms with Crippen LogP contribution in [0.1, 0.15) is 34.6 Å². The van der Waals surface area contributed by atoms with Gasteiger partial charge in [-0.15, -0.1) is 0 Å². The van der Waals surface area contributed by atoms with E-state index >= 15 is 0 Å². The number of aromatic nitrogens is 2. The molecule has 0 saturated heterocycles. The van der Waals surface area contributed by atoms with Gasteiger partial charge in [-0.25, -0.2) is 0 Å². The number of aryl methyl sites for hydroxylation is 1. The number of nitrogens with one attached hydrogen (secondary N) is 1. The van der Waals surface area contributed by atoms with Crippen LogP contribution in [0.15, 0.2) is 36.8 Å². The van der Waals surface area contributed by atoms with Gasteiger partial charge in [-0.2, -0.15) is 0 Å². The highest BCUT2D eigenvalue weighted by atomic mass is 16.1. The van der Waals surface area contributed by atoms with Gasteiger partial charge in [0.1, 0.15) is 0 Å².